The molecule has 0 aliphatic heterocycles. The lowest BCUT2D eigenvalue weighted by Gasteiger charge is -2.23. The Bertz CT molecular complexity index is 674. The molecule has 1 atom stereocenters. The minimum absolute atomic E-state index is 0.255. The summed E-state index contributed by atoms with van der Waals surface area (Å²) in [5.41, 5.74) is 6.35. The second-order valence-corrected chi connectivity index (χ2v) is 5.05. The Morgan fingerprint density at radius 2 is 1.74 bits per heavy atom. The fraction of sp³-hybridized carbons (Fsp3) is 0.176. The summed E-state index contributed by atoms with van der Waals surface area (Å²) in [4.78, 5) is 25.1. The summed E-state index contributed by atoms with van der Waals surface area (Å²) in [6.45, 7) is 0.255. The maximum Gasteiger partial charge on any atom is 0.405 e. The first kappa shape index (κ1) is 16.5. The van der Waals surface area contributed by atoms with E-state index in [1.54, 1.807) is 49.5 Å². The first-order chi connectivity index (χ1) is 11.0. The maximum atomic E-state index is 12.9. The average molecular weight is 316 g/mol. The third kappa shape index (κ3) is 4.54. The first-order valence-electron chi connectivity index (χ1n) is 6.98. The van der Waals surface area contributed by atoms with Gasteiger partial charge in [0.2, 0.25) is 6.10 Å². The maximum absolute atomic E-state index is 12.9. The number of halogens is 1. The summed E-state index contributed by atoms with van der Waals surface area (Å²) in [6.07, 6.45) is -2.14. The molecule has 6 heteroatoms. The summed E-state index contributed by atoms with van der Waals surface area (Å²) < 4.78 is 17.9. The van der Waals surface area contributed by atoms with Crippen molar-refractivity contribution in [1.82, 2.24) is 4.90 Å². The number of nitrogens with two attached hydrogens (primary N) is 1. The van der Waals surface area contributed by atoms with Gasteiger partial charge in [0.25, 0.3) is 5.91 Å². The van der Waals surface area contributed by atoms with Gasteiger partial charge in [-0.3, -0.25) is 4.79 Å². The van der Waals surface area contributed by atoms with Crippen LogP contribution in [-0.4, -0.2) is 23.9 Å². The number of benzene rings is 2. The molecule has 0 aromatic heterocycles. The van der Waals surface area contributed by atoms with Crippen LogP contribution < -0.4 is 5.73 Å². The monoisotopic (exact) mass is 316 g/mol. The van der Waals surface area contributed by atoms with Gasteiger partial charge in [0.05, 0.1) is 0 Å². The fourth-order valence-corrected chi connectivity index (χ4v) is 2.15. The number of rotatable bonds is 5. The van der Waals surface area contributed by atoms with Crippen LogP contribution in [0, 0.1) is 5.82 Å². The molecule has 0 aliphatic rings. The second kappa shape index (κ2) is 7.40. The van der Waals surface area contributed by atoms with Crippen LogP contribution in [0.5, 0.6) is 0 Å². The quantitative estimate of drug-likeness (QED) is 0.921. The number of carbonyl (C=O) groups is 2. The minimum atomic E-state index is -1.11. The molecule has 2 N–H and O–H groups in total. The zero-order valence-electron chi connectivity index (χ0n) is 12.6. The number of amides is 2. The van der Waals surface area contributed by atoms with Gasteiger partial charge in [0, 0.05) is 19.2 Å². The third-order valence-corrected chi connectivity index (χ3v) is 3.27. The van der Waals surface area contributed by atoms with Crippen LogP contribution in [0.4, 0.5) is 9.18 Å². The van der Waals surface area contributed by atoms with E-state index < -0.39 is 18.1 Å². The lowest BCUT2D eigenvalue weighted by atomic mass is 10.1. The molecule has 0 fully saturated rings. The molecule has 0 heterocycles. The molecular weight excluding hydrogens is 299 g/mol. The van der Waals surface area contributed by atoms with E-state index in [-0.39, 0.29) is 12.4 Å². The SMILES string of the molecule is CN(Cc1ccc(F)cc1)C(=O)C(OC(N)=O)c1ccccc1. The largest absolute Gasteiger partial charge is 0.431 e. The molecule has 0 aliphatic carbocycles. The predicted molar refractivity (Wildman–Crippen MR) is 82.7 cm³/mol. The molecule has 120 valence electrons. The van der Waals surface area contributed by atoms with E-state index in [0.29, 0.717) is 5.56 Å². The van der Waals surface area contributed by atoms with E-state index >= 15 is 0 Å². The van der Waals surface area contributed by atoms with Gasteiger partial charge in [-0.15, -0.1) is 0 Å². The molecule has 5 nitrogen and oxygen atoms in total. The van der Waals surface area contributed by atoms with Crippen LogP contribution in [0.25, 0.3) is 0 Å². The Labute approximate surface area is 133 Å². The minimum Gasteiger partial charge on any atom is -0.431 e. The van der Waals surface area contributed by atoms with Crippen LogP contribution in [0.2, 0.25) is 0 Å². The molecule has 0 radical (unpaired) electrons. The van der Waals surface area contributed by atoms with E-state index in [1.807, 2.05) is 0 Å². The van der Waals surface area contributed by atoms with Gasteiger partial charge in [-0.05, 0) is 17.7 Å². The Balaban J connectivity index is 2.15. The van der Waals surface area contributed by atoms with Crippen molar-refractivity contribution < 1.29 is 18.7 Å². The normalized spacial score (nSPS) is 11.6. The Hall–Kier alpha value is -2.89. The average Bonchev–Trinajstić information content (AvgIpc) is 2.54. The molecule has 0 saturated heterocycles. The summed E-state index contributed by atoms with van der Waals surface area (Å²) in [7, 11) is 1.58. The second-order valence-electron chi connectivity index (χ2n) is 5.05. The van der Waals surface area contributed by atoms with E-state index in [2.05, 4.69) is 0 Å². The number of likely N-dealkylation sites (N-methyl/N-ethyl adjacent to an activating group) is 1. The molecule has 0 spiro atoms. The number of hydrogen-bond acceptors (Lipinski definition) is 3. The van der Waals surface area contributed by atoms with Gasteiger partial charge in [-0.1, -0.05) is 42.5 Å². The van der Waals surface area contributed by atoms with Gasteiger partial charge in [-0.2, -0.15) is 0 Å². The smallest absolute Gasteiger partial charge is 0.405 e. The van der Waals surface area contributed by atoms with E-state index in [4.69, 9.17) is 10.5 Å². The van der Waals surface area contributed by atoms with Gasteiger partial charge in [0.1, 0.15) is 5.82 Å². The summed E-state index contributed by atoms with van der Waals surface area (Å²) in [5, 5.41) is 0. The van der Waals surface area contributed by atoms with Crippen molar-refractivity contribution in [2.24, 2.45) is 5.73 Å². The highest BCUT2D eigenvalue weighted by Crippen LogP contribution is 2.20. The van der Waals surface area contributed by atoms with Crippen molar-refractivity contribution in [3.63, 3.8) is 0 Å². The summed E-state index contributed by atoms with van der Waals surface area (Å²) in [5.74, 6) is -0.763. The van der Waals surface area contributed by atoms with Gasteiger partial charge < -0.3 is 15.4 Å². The van der Waals surface area contributed by atoms with Gasteiger partial charge >= 0.3 is 6.09 Å². The highest BCUT2D eigenvalue weighted by atomic mass is 19.1. The Kier molecular flexibility index (Phi) is 5.30. The van der Waals surface area contributed by atoms with Crippen LogP contribution in [0.3, 0.4) is 0 Å². The van der Waals surface area contributed by atoms with Crippen LogP contribution >= 0.6 is 0 Å². The fourth-order valence-electron chi connectivity index (χ4n) is 2.15. The number of nitrogens with zero attached hydrogens (tertiary/aromatic N) is 1. The van der Waals surface area contributed by atoms with Crippen molar-refractivity contribution >= 4 is 12.0 Å². The molecule has 1 unspecified atom stereocenters. The number of ether oxygens (including phenoxy) is 1. The molecule has 0 bridgehead atoms. The topological polar surface area (TPSA) is 72.6 Å². The van der Waals surface area contributed by atoms with Crippen molar-refractivity contribution in [1.29, 1.82) is 0 Å². The molecule has 2 amide bonds. The predicted octanol–water partition coefficient (Wildman–Crippen LogP) is 2.62. The number of primary amides is 1. The lowest BCUT2D eigenvalue weighted by molar-refractivity contribution is -0.139. The zero-order valence-corrected chi connectivity index (χ0v) is 12.6. The van der Waals surface area contributed by atoms with E-state index in [0.717, 1.165) is 5.56 Å². The molecule has 0 saturated carbocycles. The lowest BCUT2D eigenvalue weighted by Crippen LogP contribution is -2.34. The highest BCUT2D eigenvalue weighted by molar-refractivity contribution is 5.84. The van der Waals surface area contributed by atoms with Crippen molar-refractivity contribution in [3.8, 4) is 0 Å². The van der Waals surface area contributed by atoms with Gasteiger partial charge in [-0.25, -0.2) is 9.18 Å². The standard InChI is InChI=1S/C17H17FN2O3/c1-20(11-12-7-9-14(18)10-8-12)16(21)15(23-17(19)22)13-5-3-2-4-6-13/h2-10,15H,11H2,1H3,(H2,19,22). The van der Waals surface area contributed by atoms with Crippen LogP contribution in [0.15, 0.2) is 54.6 Å². The molecule has 2 aromatic carbocycles. The molecule has 2 aromatic rings. The first-order valence-corrected chi connectivity index (χ1v) is 6.98. The van der Waals surface area contributed by atoms with Crippen molar-refractivity contribution in [3.05, 3.63) is 71.5 Å². The Morgan fingerprint density at radius 1 is 1.13 bits per heavy atom. The zero-order chi connectivity index (χ0) is 16.8. The Morgan fingerprint density at radius 3 is 2.30 bits per heavy atom. The summed E-state index contributed by atoms with van der Waals surface area (Å²) in [6, 6.07) is 14.4. The van der Waals surface area contributed by atoms with Crippen molar-refractivity contribution in [2.75, 3.05) is 7.05 Å². The molecular formula is C17H17FN2O3. The number of carbonyl (C=O) groups excluding carboxylic acids is 2. The number of hydrogen-bond donors (Lipinski definition) is 1. The summed E-state index contributed by atoms with van der Waals surface area (Å²) >= 11 is 0. The van der Waals surface area contributed by atoms with Crippen LogP contribution in [0.1, 0.15) is 17.2 Å². The van der Waals surface area contributed by atoms with E-state index in [1.165, 1.54) is 17.0 Å². The highest BCUT2D eigenvalue weighted by Gasteiger charge is 2.27. The van der Waals surface area contributed by atoms with E-state index in [9.17, 15) is 14.0 Å². The molecule has 23 heavy (non-hydrogen) atoms. The van der Waals surface area contributed by atoms with Crippen molar-refractivity contribution in [2.45, 2.75) is 12.6 Å². The third-order valence-electron chi connectivity index (χ3n) is 3.27. The molecule has 2 rings (SSSR count). The van der Waals surface area contributed by atoms with Crippen LogP contribution in [-0.2, 0) is 16.1 Å². The van der Waals surface area contributed by atoms with Gasteiger partial charge in [0.15, 0.2) is 0 Å².